The van der Waals surface area contributed by atoms with Crippen LogP contribution in [0.2, 0.25) is 5.02 Å². The van der Waals surface area contributed by atoms with Crippen LogP contribution < -0.4 is 14.4 Å². The summed E-state index contributed by atoms with van der Waals surface area (Å²) in [4.78, 5) is 15.8. The van der Waals surface area contributed by atoms with Crippen LogP contribution in [0, 0.1) is 0 Å². The highest BCUT2D eigenvalue weighted by Crippen LogP contribution is 2.31. The van der Waals surface area contributed by atoms with Crippen LogP contribution in [-0.2, 0) is 11.3 Å². The molecule has 0 bridgehead atoms. The average Bonchev–Trinajstić information content (AvgIpc) is 2.89. The minimum absolute atomic E-state index is 0.0836. The zero-order chi connectivity index (χ0) is 18.0. The van der Waals surface area contributed by atoms with Crippen LogP contribution in [0.15, 0.2) is 42.5 Å². The van der Waals surface area contributed by atoms with Gasteiger partial charge in [0.1, 0.15) is 18.0 Å². The number of nitrogens with zero attached hydrogens (tertiary/aromatic N) is 2. The molecule has 5 nitrogen and oxygen atoms in total. The van der Waals surface area contributed by atoms with E-state index in [0.29, 0.717) is 28.1 Å². The molecule has 0 saturated carbocycles. The van der Waals surface area contributed by atoms with Crippen molar-refractivity contribution in [1.29, 1.82) is 0 Å². The molecule has 3 rings (SSSR count). The molecule has 0 atom stereocenters. The number of amides is 1. The third-order valence-electron chi connectivity index (χ3n) is 3.96. The van der Waals surface area contributed by atoms with E-state index in [-0.39, 0.29) is 12.5 Å². The number of ether oxygens (including phenoxy) is 2. The maximum absolute atomic E-state index is 12.5. The lowest BCUT2D eigenvalue weighted by Crippen LogP contribution is -2.32. The summed E-state index contributed by atoms with van der Waals surface area (Å²) in [6, 6.07) is 12.9. The lowest BCUT2D eigenvalue weighted by atomic mass is 10.2. The smallest absolute Gasteiger partial charge is 0.252 e. The number of carbonyl (C=O) groups excluding carboxylic acids is 1. The van der Waals surface area contributed by atoms with E-state index in [9.17, 15) is 4.79 Å². The SMILES string of the molecule is COc1ccc(CN2CC(=O)N(c3ccc(OC)c(Cl)c3)C2=S)cc1. The quantitative estimate of drug-likeness (QED) is 0.747. The summed E-state index contributed by atoms with van der Waals surface area (Å²) in [6.45, 7) is 0.781. The van der Waals surface area contributed by atoms with E-state index in [0.717, 1.165) is 11.3 Å². The standard InChI is InChI=1S/C18H17ClN2O3S/c1-23-14-6-3-12(4-7-14)10-20-11-17(22)21(18(20)25)13-5-8-16(24-2)15(19)9-13/h3-9H,10-11H2,1-2H3. The van der Waals surface area contributed by atoms with Crippen molar-refractivity contribution in [3.8, 4) is 11.5 Å². The van der Waals surface area contributed by atoms with Gasteiger partial charge in [0.2, 0.25) is 0 Å². The highest BCUT2D eigenvalue weighted by atomic mass is 35.5. The van der Waals surface area contributed by atoms with Gasteiger partial charge in [-0.15, -0.1) is 0 Å². The van der Waals surface area contributed by atoms with E-state index in [4.69, 9.17) is 33.3 Å². The Morgan fingerprint density at radius 1 is 1.12 bits per heavy atom. The number of carbonyl (C=O) groups is 1. The highest BCUT2D eigenvalue weighted by molar-refractivity contribution is 7.80. The zero-order valence-corrected chi connectivity index (χ0v) is 15.4. The summed E-state index contributed by atoms with van der Waals surface area (Å²) < 4.78 is 10.3. The van der Waals surface area contributed by atoms with Gasteiger partial charge < -0.3 is 14.4 Å². The molecule has 1 aliphatic rings. The molecular formula is C18H17ClN2O3S. The average molecular weight is 377 g/mol. The first-order chi connectivity index (χ1) is 12.0. The minimum atomic E-state index is -0.0836. The van der Waals surface area contributed by atoms with Crippen LogP contribution in [0.3, 0.4) is 0 Å². The second-order valence-corrected chi connectivity index (χ2v) is 6.31. The van der Waals surface area contributed by atoms with Gasteiger partial charge in [-0.3, -0.25) is 9.69 Å². The van der Waals surface area contributed by atoms with E-state index >= 15 is 0 Å². The lowest BCUT2D eigenvalue weighted by molar-refractivity contribution is -0.116. The van der Waals surface area contributed by atoms with E-state index in [1.165, 1.54) is 4.90 Å². The zero-order valence-electron chi connectivity index (χ0n) is 13.9. The summed E-state index contributed by atoms with van der Waals surface area (Å²) in [5.41, 5.74) is 1.68. The molecule has 0 N–H and O–H groups in total. The number of methoxy groups -OCH3 is 2. The molecule has 0 spiro atoms. The van der Waals surface area contributed by atoms with Crippen molar-refractivity contribution < 1.29 is 14.3 Å². The molecule has 0 aromatic heterocycles. The normalized spacial score (nSPS) is 14.2. The van der Waals surface area contributed by atoms with Gasteiger partial charge in [0, 0.05) is 6.54 Å². The number of hydrogen-bond acceptors (Lipinski definition) is 4. The molecule has 0 radical (unpaired) electrons. The molecule has 2 aromatic carbocycles. The summed E-state index contributed by atoms with van der Waals surface area (Å²) in [5.74, 6) is 1.26. The van der Waals surface area contributed by atoms with Crippen LogP contribution >= 0.6 is 23.8 Å². The van der Waals surface area contributed by atoms with Gasteiger partial charge in [0.25, 0.3) is 5.91 Å². The number of rotatable bonds is 5. The van der Waals surface area contributed by atoms with Crippen LogP contribution in [-0.4, -0.2) is 36.7 Å². The van der Waals surface area contributed by atoms with Crippen LogP contribution in [0.4, 0.5) is 5.69 Å². The molecule has 1 heterocycles. The summed E-state index contributed by atoms with van der Waals surface area (Å²) in [5, 5.41) is 0.895. The Labute approximate surface area is 156 Å². The van der Waals surface area contributed by atoms with E-state index < -0.39 is 0 Å². The Morgan fingerprint density at radius 3 is 2.44 bits per heavy atom. The fourth-order valence-corrected chi connectivity index (χ4v) is 3.26. The lowest BCUT2D eigenvalue weighted by Gasteiger charge is -2.21. The van der Waals surface area contributed by atoms with Crippen molar-refractivity contribution in [1.82, 2.24) is 4.90 Å². The first-order valence-electron chi connectivity index (χ1n) is 7.62. The first kappa shape index (κ1) is 17.5. The predicted octanol–water partition coefficient (Wildman–Crippen LogP) is 3.49. The third-order valence-corrected chi connectivity index (χ3v) is 4.70. The van der Waals surface area contributed by atoms with Crippen molar-refractivity contribution >= 4 is 40.5 Å². The van der Waals surface area contributed by atoms with Crippen molar-refractivity contribution in [2.75, 3.05) is 25.7 Å². The first-order valence-corrected chi connectivity index (χ1v) is 8.40. The van der Waals surface area contributed by atoms with Gasteiger partial charge >= 0.3 is 0 Å². The number of benzene rings is 2. The summed E-state index contributed by atoms with van der Waals surface area (Å²) in [7, 11) is 3.17. The second-order valence-electron chi connectivity index (χ2n) is 5.53. The molecule has 1 amide bonds. The van der Waals surface area contributed by atoms with Crippen molar-refractivity contribution in [2.24, 2.45) is 0 Å². The van der Waals surface area contributed by atoms with Crippen molar-refractivity contribution in [3.05, 3.63) is 53.1 Å². The van der Waals surface area contributed by atoms with Gasteiger partial charge in [-0.2, -0.15) is 0 Å². The Morgan fingerprint density at radius 2 is 1.84 bits per heavy atom. The molecule has 1 aliphatic heterocycles. The van der Waals surface area contributed by atoms with Gasteiger partial charge in [-0.05, 0) is 48.1 Å². The Hall–Kier alpha value is -2.31. The number of anilines is 1. The minimum Gasteiger partial charge on any atom is -0.497 e. The van der Waals surface area contributed by atoms with Crippen LogP contribution in [0.25, 0.3) is 0 Å². The molecule has 7 heteroatoms. The molecule has 0 aliphatic carbocycles. The van der Waals surface area contributed by atoms with Crippen molar-refractivity contribution in [2.45, 2.75) is 6.54 Å². The summed E-state index contributed by atoms with van der Waals surface area (Å²) in [6.07, 6.45) is 0. The van der Waals surface area contributed by atoms with E-state index in [1.54, 1.807) is 32.4 Å². The molecule has 1 saturated heterocycles. The summed E-state index contributed by atoms with van der Waals surface area (Å²) >= 11 is 11.7. The highest BCUT2D eigenvalue weighted by Gasteiger charge is 2.34. The maximum Gasteiger partial charge on any atom is 0.252 e. The third kappa shape index (κ3) is 3.55. The number of thiocarbonyl (C=S) groups is 1. The Kier molecular flexibility index (Phi) is 5.11. The van der Waals surface area contributed by atoms with Crippen LogP contribution in [0.1, 0.15) is 5.56 Å². The van der Waals surface area contributed by atoms with Crippen molar-refractivity contribution in [3.63, 3.8) is 0 Å². The van der Waals surface area contributed by atoms with Gasteiger partial charge in [0.15, 0.2) is 5.11 Å². The van der Waals surface area contributed by atoms with E-state index in [2.05, 4.69) is 0 Å². The number of hydrogen-bond donors (Lipinski definition) is 0. The van der Waals surface area contributed by atoms with Crippen LogP contribution in [0.5, 0.6) is 11.5 Å². The monoisotopic (exact) mass is 376 g/mol. The Balaban J connectivity index is 1.78. The fourth-order valence-electron chi connectivity index (χ4n) is 2.67. The molecule has 2 aromatic rings. The molecule has 0 unspecified atom stereocenters. The van der Waals surface area contributed by atoms with Gasteiger partial charge in [-0.1, -0.05) is 23.7 Å². The molecule has 25 heavy (non-hydrogen) atoms. The number of halogens is 1. The maximum atomic E-state index is 12.5. The predicted molar refractivity (Wildman–Crippen MR) is 101 cm³/mol. The van der Waals surface area contributed by atoms with Gasteiger partial charge in [0.05, 0.1) is 24.9 Å². The molecule has 1 fully saturated rings. The van der Waals surface area contributed by atoms with E-state index in [1.807, 2.05) is 29.2 Å². The molecule has 130 valence electrons. The Bertz CT molecular complexity index is 810. The topological polar surface area (TPSA) is 42.0 Å². The van der Waals surface area contributed by atoms with Gasteiger partial charge in [-0.25, -0.2) is 0 Å². The second kappa shape index (κ2) is 7.29. The fraction of sp³-hybridized carbons (Fsp3) is 0.222. The molecular weight excluding hydrogens is 360 g/mol. The largest absolute Gasteiger partial charge is 0.497 e.